The number of nitrogens with zero attached hydrogens (tertiary/aromatic N) is 2. The zero-order valence-corrected chi connectivity index (χ0v) is 12.5. The SMILES string of the molecule is CCCn1c2c(cc(C(C)(C)N)c1=O)CN(C)CC2. The van der Waals surface area contributed by atoms with Crippen LogP contribution in [-0.2, 0) is 25.0 Å². The molecule has 0 amide bonds. The molecule has 106 valence electrons. The van der Waals surface area contributed by atoms with Crippen LogP contribution in [0.5, 0.6) is 0 Å². The van der Waals surface area contributed by atoms with Gasteiger partial charge in [-0.15, -0.1) is 0 Å². The van der Waals surface area contributed by atoms with Gasteiger partial charge < -0.3 is 15.2 Å². The molecular weight excluding hydrogens is 238 g/mol. The lowest BCUT2D eigenvalue weighted by molar-refractivity contribution is 0.302. The van der Waals surface area contributed by atoms with Gasteiger partial charge in [-0.2, -0.15) is 0 Å². The van der Waals surface area contributed by atoms with Gasteiger partial charge in [0.2, 0.25) is 0 Å². The van der Waals surface area contributed by atoms with Crippen LogP contribution in [0, 0.1) is 0 Å². The molecule has 0 atom stereocenters. The van der Waals surface area contributed by atoms with Gasteiger partial charge in [-0.3, -0.25) is 4.79 Å². The Bertz CT molecular complexity index is 525. The number of hydrogen-bond donors (Lipinski definition) is 1. The van der Waals surface area contributed by atoms with Gasteiger partial charge in [0.1, 0.15) is 0 Å². The predicted octanol–water partition coefficient (Wildman–Crippen LogP) is 1.44. The Balaban J connectivity index is 2.64. The summed E-state index contributed by atoms with van der Waals surface area (Å²) >= 11 is 0. The van der Waals surface area contributed by atoms with E-state index in [-0.39, 0.29) is 5.56 Å². The average molecular weight is 263 g/mol. The highest BCUT2D eigenvalue weighted by atomic mass is 16.1. The van der Waals surface area contributed by atoms with Crippen molar-refractivity contribution < 1.29 is 0 Å². The quantitative estimate of drug-likeness (QED) is 0.898. The van der Waals surface area contributed by atoms with E-state index in [1.165, 1.54) is 11.3 Å². The van der Waals surface area contributed by atoms with Gasteiger partial charge in [0, 0.05) is 42.9 Å². The molecule has 1 aromatic rings. The second-order valence-corrected chi connectivity index (χ2v) is 6.20. The van der Waals surface area contributed by atoms with E-state index in [9.17, 15) is 4.79 Å². The van der Waals surface area contributed by atoms with Gasteiger partial charge >= 0.3 is 0 Å². The van der Waals surface area contributed by atoms with Crippen LogP contribution in [0.2, 0.25) is 0 Å². The van der Waals surface area contributed by atoms with E-state index in [2.05, 4.69) is 18.9 Å². The van der Waals surface area contributed by atoms with Gasteiger partial charge in [-0.05, 0) is 38.9 Å². The van der Waals surface area contributed by atoms with Gasteiger partial charge in [-0.1, -0.05) is 6.92 Å². The number of pyridine rings is 1. The first kappa shape index (κ1) is 14.3. The van der Waals surface area contributed by atoms with Crippen LogP contribution in [0.4, 0.5) is 0 Å². The first-order valence-corrected chi connectivity index (χ1v) is 7.08. The summed E-state index contributed by atoms with van der Waals surface area (Å²) in [6.45, 7) is 8.62. The number of likely N-dealkylation sites (N-methyl/N-ethyl adjacent to an activating group) is 1. The van der Waals surface area contributed by atoms with Crippen LogP contribution in [0.15, 0.2) is 10.9 Å². The molecular formula is C15H25N3O. The summed E-state index contributed by atoms with van der Waals surface area (Å²) in [5.41, 5.74) is 8.87. The first-order valence-electron chi connectivity index (χ1n) is 7.08. The van der Waals surface area contributed by atoms with Gasteiger partial charge in [0.15, 0.2) is 0 Å². The van der Waals surface area contributed by atoms with Gasteiger partial charge in [0.25, 0.3) is 5.56 Å². The van der Waals surface area contributed by atoms with Crippen molar-refractivity contribution in [3.8, 4) is 0 Å². The minimum atomic E-state index is -0.586. The molecule has 1 aliphatic heterocycles. The third kappa shape index (κ3) is 2.74. The highest BCUT2D eigenvalue weighted by Crippen LogP contribution is 2.22. The lowest BCUT2D eigenvalue weighted by Crippen LogP contribution is -2.41. The van der Waals surface area contributed by atoms with Crippen molar-refractivity contribution in [3.63, 3.8) is 0 Å². The van der Waals surface area contributed by atoms with E-state index >= 15 is 0 Å². The second kappa shape index (κ2) is 5.10. The average Bonchev–Trinajstić information content (AvgIpc) is 2.31. The summed E-state index contributed by atoms with van der Waals surface area (Å²) in [7, 11) is 2.12. The molecule has 1 aromatic heterocycles. The van der Waals surface area contributed by atoms with Crippen molar-refractivity contribution in [2.45, 2.75) is 52.2 Å². The van der Waals surface area contributed by atoms with Crippen molar-refractivity contribution in [2.24, 2.45) is 5.73 Å². The molecule has 0 unspecified atom stereocenters. The molecule has 2 heterocycles. The monoisotopic (exact) mass is 263 g/mol. The molecule has 19 heavy (non-hydrogen) atoms. The fraction of sp³-hybridized carbons (Fsp3) is 0.667. The van der Waals surface area contributed by atoms with Crippen LogP contribution in [-0.4, -0.2) is 23.1 Å². The van der Waals surface area contributed by atoms with Crippen LogP contribution in [0.25, 0.3) is 0 Å². The predicted molar refractivity (Wildman–Crippen MR) is 78.2 cm³/mol. The standard InChI is InChI=1S/C15H25N3O/c1-5-7-18-13-6-8-17(4)10-11(13)9-12(14(18)19)15(2,3)16/h9H,5-8,10,16H2,1-4H3. The van der Waals surface area contributed by atoms with Crippen molar-refractivity contribution in [1.29, 1.82) is 0 Å². The maximum Gasteiger partial charge on any atom is 0.255 e. The summed E-state index contributed by atoms with van der Waals surface area (Å²) in [5.74, 6) is 0. The third-order valence-electron chi connectivity index (χ3n) is 3.80. The van der Waals surface area contributed by atoms with Gasteiger partial charge in [-0.25, -0.2) is 0 Å². The summed E-state index contributed by atoms with van der Waals surface area (Å²) in [5, 5.41) is 0. The van der Waals surface area contributed by atoms with Crippen molar-refractivity contribution in [3.05, 3.63) is 33.2 Å². The fourth-order valence-corrected chi connectivity index (χ4v) is 2.78. The molecule has 0 saturated carbocycles. The molecule has 1 aliphatic rings. The number of nitrogens with two attached hydrogens (primary N) is 1. The van der Waals surface area contributed by atoms with Gasteiger partial charge in [0.05, 0.1) is 0 Å². The Morgan fingerprint density at radius 1 is 1.42 bits per heavy atom. The highest BCUT2D eigenvalue weighted by Gasteiger charge is 2.25. The summed E-state index contributed by atoms with van der Waals surface area (Å²) in [4.78, 5) is 14.9. The van der Waals surface area contributed by atoms with E-state index in [1.807, 2.05) is 24.5 Å². The molecule has 4 heteroatoms. The minimum absolute atomic E-state index is 0.0950. The zero-order valence-electron chi connectivity index (χ0n) is 12.5. The number of fused-ring (bicyclic) bond motifs is 1. The number of hydrogen-bond acceptors (Lipinski definition) is 3. The summed E-state index contributed by atoms with van der Waals surface area (Å²) < 4.78 is 1.95. The first-order chi connectivity index (χ1) is 8.84. The molecule has 0 fully saturated rings. The molecule has 4 nitrogen and oxygen atoms in total. The lowest BCUT2D eigenvalue weighted by atomic mass is 9.93. The molecule has 2 N–H and O–H groups in total. The van der Waals surface area contributed by atoms with Crippen LogP contribution < -0.4 is 11.3 Å². The largest absolute Gasteiger partial charge is 0.322 e. The van der Waals surface area contributed by atoms with Crippen molar-refractivity contribution >= 4 is 0 Å². The maximum atomic E-state index is 12.6. The fourth-order valence-electron chi connectivity index (χ4n) is 2.78. The molecule has 0 saturated heterocycles. The Morgan fingerprint density at radius 2 is 2.11 bits per heavy atom. The third-order valence-corrected chi connectivity index (χ3v) is 3.80. The maximum absolute atomic E-state index is 12.6. The van der Waals surface area contributed by atoms with Crippen molar-refractivity contribution in [1.82, 2.24) is 9.47 Å². The van der Waals surface area contributed by atoms with E-state index in [1.54, 1.807) is 0 Å². The summed E-state index contributed by atoms with van der Waals surface area (Å²) in [6.07, 6.45) is 1.92. The zero-order chi connectivity index (χ0) is 14.2. The Hall–Kier alpha value is -1.13. The number of rotatable bonds is 3. The van der Waals surface area contributed by atoms with Crippen LogP contribution in [0.1, 0.15) is 44.0 Å². The second-order valence-electron chi connectivity index (χ2n) is 6.20. The molecule has 0 bridgehead atoms. The summed E-state index contributed by atoms with van der Waals surface area (Å²) in [6, 6.07) is 2.03. The number of aromatic nitrogens is 1. The highest BCUT2D eigenvalue weighted by molar-refractivity contribution is 5.32. The van der Waals surface area contributed by atoms with E-state index < -0.39 is 5.54 Å². The van der Waals surface area contributed by atoms with E-state index in [0.29, 0.717) is 0 Å². The topological polar surface area (TPSA) is 51.3 Å². The Morgan fingerprint density at radius 3 is 2.68 bits per heavy atom. The van der Waals surface area contributed by atoms with E-state index in [4.69, 9.17) is 5.73 Å². The smallest absolute Gasteiger partial charge is 0.255 e. The van der Waals surface area contributed by atoms with E-state index in [0.717, 1.165) is 38.0 Å². The lowest BCUT2D eigenvalue weighted by Gasteiger charge is -2.30. The Kier molecular flexibility index (Phi) is 3.83. The molecule has 0 aromatic carbocycles. The molecule has 2 rings (SSSR count). The van der Waals surface area contributed by atoms with Crippen LogP contribution in [0.3, 0.4) is 0 Å². The minimum Gasteiger partial charge on any atom is -0.322 e. The van der Waals surface area contributed by atoms with Crippen molar-refractivity contribution in [2.75, 3.05) is 13.6 Å². The Labute approximate surface area is 115 Å². The molecule has 0 radical (unpaired) electrons. The molecule has 0 aliphatic carbocycles. The normalized spacial score (nSPS) is 16.5. The van der Waals surface area contributed by atoms with Crippen LogP contribution >= 0.6 is 0 Å². The molecule has 0 spiro atoms.